The van der Waals surface area contributed by atoms with Crippen LogP contribution in [-0.4, -0.2) is 13.6 Å². The van der Waals surface area contributed by atoms with Crippen LogP contribution in [0.15, 0.2) is 32.1 Å². The van der Waals surface area contributed by atoms with Crippen molar-refractivity contribution in [1.82, 2.24) is 9.88 Å². The second kappa shape index (κ2) is 5.86. The maximum atomic E-state index is 13.1. The number of nitrogens with one attached hydrogen (secondary N) is 1. The van der Waals surface area contributed by atoms with Gasteiger partial charge in [-0.25, -0.2) is 17.5 Å². The number of aromatic nitrogens is 1. The van der Waals surface area contributed by atoms with Crippen molar-refractivity contribution in [3.05, 3.63) is 45.5 Å². The molecule has 114 valence electrons. The first kappa shape index (κ1) is 16.1. The number of halogens is 2. The molecule has 0 aliphatic heterocycles. The lowest BCUT2D eigenvalue weighted by molar-refractivity contribution is 0.391. The van der Waals surface area contributed by atoms with E-state index in [9.17, 15) is 12.8 Å². The highest BCUT2D eigenvalue weighted by atomic mass is 79.9. The number of hydrogen-bond donors (Lipinski definition) is 1. The molecule has 21 heavy (non-hydrogen) atoms. The van der Waals surface area contributed by atoms with E-state index < -0.39 is 21.9 Å². The average Bonchev–Trinajstić information content (AvgIpc) is 2.67. The first-order valence-electron chi connectivity index (χ1n) is 6.12. The molecule has 0 aliphatic carbocycles. The standard InChI is InChI=1S/C13H14BrFN2O3S/c1-7-13(9(3)20-16-7)8(2)17-21(18,19)12-5-4-10(15)6-11(12)14/h4-6,8,17H,1-3H3. The summed E-state index contributed by atoms with van der Waals surface area (Å²) in [7, 11) is -3.80. The second-order valence-corrected chi connectivity index (χ2v) is 7.19. The van der Waals surface area contributed by atoms with E-state index in [1.165, 1.54) is 6.07 Å². The number of benzene rings is 1. The number of nitrogens with zero attached hydrogens (tertiary/aromatic N) is 1. The number of hydrogen-bond acceptors (Lipinski definition) is 4. The summed E-state index contributed by atoms with van der Waals surface area (Å²) in [5, 5.41) is 3.80. The third kappa shape index (κ3) is 3.33. The maximum Gasteiger partial charge on any atom is 0.242 e. The normalized spacial score (nSPS) is 13.4. The summed E-state index contributed by atoms with van der Waals surface area (Å²) in [5.74, 6) is 0.0421. The molecule has 2 aromatic rings. The lowest BCUT2D eigenvalue weighted by Crippen LogP contribution is -2.27. The fourth-order valence-corrected chi connectivity index (χ4v) is 4.42. The van der Waals surface area contributed by atoms with E-state index in [1.807, 2.05) is 0 Å². The van der Waals surface area contributed by atoms with E-state index in [0.29, 0.717) is 17.0 Å². The van der Waals surface area contributed by atoms with Gasteiger partial charge in [0.15, 0.2) is 0 Å². The molecule has 1 heterocycles. The van der Waals surface area contributed by atoms with Gasteiger partial charge < -0.3 is 4.52 Å². The first-order chi connectivity index (χ1) is 9.72. The predicted octanol–water partition coefficient (Wildman–Crippen LogP) is 3.23. The Balaban J connectivity index is 2.33. The fourth-order valence-electron chi connectivity index (χ4n) is 2.16. The second-order valence-electron chi connectivity index (χ2n) is 4.66. The van der Waals surface area contributed by atoms with Crippen LogP contribution in [-0.2, 0) is 10.0 Å². The van der Waals surface area contributed by atoms with Crippen LogP contribution in [0.1, 0.15) is 30.0 Å². The molecule has 0 radical (unpaired) electrons. The molecule has 1 atom stereocenters. The molecule has 0 saturated heterocycles. The maximum absolute atomic E-state index is 13.1. The van der Waals surface area contributed by atoms with Crippen LogP contribution in [0.3, 0.4) is 0 Å². The van der Waals surface area contributed by atoms with E-state index in [-0.39, 0.29) is 9.37 Å². The van der Waals surface area contributed by atoms with Gasteiger partial charge in [-0.1, -0.05) is 5.16 Å². The van der Waals surface area contributed by atoms with Crippen molar-refractivity contribution >= 4 is 26.0 Å². The highest BCUT2D eigenvalue weighted by molar-refractivity contribution is 9.10. The summed E-state index contributed by atoms with van der Waals surface area (Å²) in [4.78, 5) is -0.0255. The third-order valence-corrected chi connectivity index (χ3v) is 5.55. The minimum atomic E-state index is -3.80. The van der Waals surface area contributed by atoms with E-state index in [0.717, 1.165) is 12.1 Å². The van der Waals surface area contributed by atoms with Crippen molar-refractivity contribution < 1.29 is 17.3 Å². The molecule has 0 saturated carbocycles. The van der Waals surface area contributed by atoms with Gasteiger partial charge in [0.25, 0.3) is 0 Å². The molecule has 1 aromatic carbocycles. The predicted molar refractivity (Wildman–Crippen MR) is 78.8 cm³/mol. The zero-order valence-corrected chi connectivity index (χ0v) is 14.0. The SMILES string of the molecule is Cc1noc(C)c1C(C)NS(=O)(=O)c1ccc(F)cc1Br. The summed E-state index contributed by atoms with van der Waals surface area (Å²) < 4.78 is 45.6. The molecular formula is C13H14BrFN2O3S. The summed E-state index contributed by atoms with van der Waals surface area (Å²) in [6.45, 7) is 5.15. The van der Waals surface area contributed by atoms with Crippen LogP contribution >= 0.6 is 15.9 Å². The Labute approximate surface area is 130 Å². The molecule has 2 rings (SSSR count). The number of sulfonamides is 1. The Hall–Kier alpha value is -1.25. The zero-order valence-electron chi connectivity index (χ0n) is 11.6. The van der Waals surface area contributed by atoms with Gasteiger partial charge in [0.1, 0.15) is 11.6 Å². The van der Waals surface area contributed by atoms with E-state index in [4.69, 9.17) is 4.52 Å². The quantitative estimate of drug-likeness (QED) is 0.888. The highest BCUT2D eigenvalue weighted by Crippen LogP contribution is 2.26. The van der Waals surface area contributed by atoms with Crippen molar-refractivity contribution in [3.8, 4) is 0 Å². The molecular weight excluding hydrogens is 363 g/mol. The van der Waals surface area contributed by atoms with E-state index in [2.05, 4.69) is 25.8 Å². The van der Waals surface area contributed by atoms with Gasteiger partial charge in [0.05, 0.1) is 10.6 Å². The minimum Gasteiger partial charge on any atom is -0.361 e. The summed E-state index contributed by atoms with van der Waals surface area (Å²) in [5.41, 5.74) is 1.32. The molecule has 1 N–H and O–H groups in total. The van der Waals surface area contributed by atoms with Gasteiger partial charge >= 0.3 is 0 Å². The number of aryl methyl sites for hydroxylation is 2. The van der Waals surface area contributed by atoms with Gasteiger partial charge in [-0.2, -0.15) is 0 Å². The monoisotopic (exact) mass is 376 g/mol. The third-order valence-electron chi connectivity index (χ3n) is 3.04. The molecule has 0 aliphatic rings. The van der Waals surface area contributed by atoms with Crippen LogP contribution in [0.5, 0.6) is 0 Å². The summed E-state index contributed by atoms with van der Waals surface area (Å²) in [6, 6.07) is 2.90. The van der Waals surface area contributed by atoms with Crippen molar-refractivity contribution in [3.63, 3.8) is 0 Å². The zero-order chi connectivity index (χ0) is 15.8. The van der Waals surface area contributed by atoms with Crippen molar-refractivity contribution in [2.45, 2.75) is 31.7 Å². The average molecular weight is 377 g/mol. The smallest absolute Gasteiger partial charge is 0.242 e. The molecule has 1 unspecified atom stereocenters. The van der Waals surface area contributed by atoms with Gasteiger partial charge in [-0.3, -0.25) is 0 Å². The van der Waals surface area contributed by atoms with Gasteiger partial charge in [0, 0.05) is 16.1 Å². The molecule has 8 heteroatoms. The van der Waals surface area contributed by atoms with E-state index >= 15 is 0 Å². The van der Waals surface area contributed by atoms with Crippen LogP contribution in [0.2, 0.25) is 0 Å². The van der Waals surface area contributed by atoms with Crippen molar-refractivity contribution in [2.75, 3.05) is 0 Å². The van der Waals surface area contributed by atoms with Crippen LogP contribution in [0.4, 0.5) is 4.39 Å². The molecule has 0 amide bonds. The Bertz CT molecular complexity index is 754. The molecule has 0 bridgehead atoms. The molecule has 0 spiro atoms. The Kier molecular flexibility index (Phi) is 4.50. The number of rotatable bonds is 4. The van der Waals surface area contributed by atoms with Crippen molar-refractivity contribution in [1.29, 1.82) is 0 Å². The molecule has 1 aromatic heterocycles. The van der Waals surface area contributed by atoms with Crippen molar-refractivity contribution in [2.24, 2.45) is 0 Å². The van der Waals surface area contributed by atoms with Crippen LogP contribution in [0, 0.1) is 19.7 Å². The van der Waals surface area contributed by atoms with E-state index in [1.54, 1.807) is 20.8 Å². The van der Waals surface area contributed by atoms with Gasteiger partial charge in [0.2, 0.25) is 10.0 Å². The Morgan fingerprint density at radius 1 is 1.38 bits per heavy atom. The lowest BCUT2D eigenvalue weighted by atomic mass is 10.1. The Morgan fingerprint density at radius 2 is 2.05 bits per heavy atom. The first-order valence-corrected chi connectivity index (χ1v) is 8.40. The highest BCUT2D eigenvalue weighted by Gasteiger charge is 2.24. The van der Waals surface area contributed by atoms with Gasteiger partial charge in [-0.05, 0) is 54.9 Å². The largest absolute Gasteiger partial charge is 0.361 e. The lowest BCUT2D eigenvalue weighted by Gasteiger charge is -2.15. The summed E-state index contributed by atoms with van der Waals surface area (Å²) >= 11 is 3.06. The Morgan fingerprint density at radius 3 is 2.57 bits per heavy atom. The van der Waals surface area contributed by atoms with Gasteiger partial charge in [-0.15, -0.1) is 0 Å². The molecule has 0 fully saturated rings. The van der Waals surface area contributed by atoms with Crippen LogP contribution < -0.4 is 4.72 Å². The minimum absolute atomic E-state index is 0.0255. The molecule has 5 nitrogen and oxygen atoms in total. The fraction of sp³-hybridized carbons (Fsp3) is 0.308. The van der Waals surface area contributed by atoms with Crippen LogP contribution in [0.25, 0.3) is 0 Å². The summed E-state index contributed by atoms with van der Waals surface area (Å²) in [6.07, 6.45) is 0. The topological polar surface area (TPSA) is 72.2 Å².